The summed E-state index contributed by atoms with van der Waals surface area (Å²) < 4.78 is 0. The molecule has 0 aliphatic rings. The fourth-order valence-electron chi connectivity index (χ4n) is 1.20. The molecule has 0 radical (unpaired) electrons. The van der Waals surface area contributed by atoms with E-state index in [1.807, 2.05) is 6.92 Å². The van der Waals surface area contributed by atoms with Gasteiger partial charge in [0.1, 0.15) is 5.82 Å². The van der Waals surface area contributed by atoms with E-state index in [-0.39, 0.29) is 0 Å². The lowest BCUT2D eigenvalue weighted by atomic mass is 10.1. The minimum absolute atomic E-state index is 0.560. The Bertz CT molecular complexity index is 281. The number of aryl methyl sites for hydroxylation is 2. The van der Waals surface area contributed by atoms with Crippen LogP contribution in [0.3, 0.4) is 0 Å². The number of pyridine rings is 1. The number of anilines is 2. The molecule has 66 valence electrons. The van der Waals surface area contributed by atoms with Gasteiger partial charge in [0, 0.05) is 0 Å². The Balaban J connectivity index is 3.09. The third-order valence-electron chi connectivity index (χ3n) is 1.85. The van der Waals surface area contributed by atoms with Crippen LogP contribution in [0, 0.1) is 6.92 Å². The summed E-state index contributed by atoms with van der Waals surface area (Å²) in [5, 5.41) is 0. The summed E-state index contributed by atoms with van der Waals surface area (Å²) in [6.45, 7) is 4.05. The van der Waals surface area contributed by atoms with Gasteiger partial charge < -0.3 is 11.5 Å². The Labute approximate surface area is 72.8 Å². The van der Waals surface area contributed by atoms with E-state index in [9.17, 15) is 0 Å². The molecule has 4 N–H and O–H groups in total. The molecule has 0 bridgehead atoms. The Morgan fingerprint density at radius 2 is 2.08 bits per heavy atom. The van der Waals surface area contributed by atoms with Gasteiger partial charge in [-0.15, -0.1) is 0 Å². The molecule has 0 amide bonds. The van der Waals surface area contributed by atoms with Gasteiger partial charge in [0.25, 0.3) is 0 Å². The minimum atomic E-state index is 0.560. The molecule has 3 nitrogen and oxygen atoms in total. The molecule has 0 aliphatic carbocycles. The standard InChI is InChI=1S/C9H15N3/c1-3-4-7-9(11)6(2)5-8(10)12-7/h5H,3-4,11H2,1-2H3,(H2,10,12). The summed E-state index contributed by atoms with van der Waals surface area (Å²) >= 11 is 0. The van der Waals surface area contributed by atoms with Gasteiger partial charge >= 0.3 is 0 Å². The quantitative estimate of drug-likeness (QED) is 0.698. The summed E-state index contributed by atoms with van der Waals surface area (Å²) in [5.74, 6) is 0.560. The van der Waals surface area contributed by atoms with E-state index >= 15 is 0 Å². The largest absolute Gasteiger partial charge is 0.397 e. The van der Waals surface area contributed by atoms with Crippen LogP contribution in [-0.2, 0) is 6.42 Å². The normalized spacial score (nSPS) is 10.2. The first-order chi connectivity index (χ1) is 5.65. The van der Waals surface area contributed by atoms with Crippen LogP contribution in [0.5, 0.6) is 0 Å². The highest BCUT2D eigenvalue weighted by Gasteiger charge is 2.03. The summed E-state index contributed by atoms with van der Waals surface area (Å²) in [5.41, 5.74) is 14.1. The summed E-state index contributed by atoms with van der Waals surface area (Å²) in [4.78, 5) is 4.18. The Kier molecular flexibility index (Phi) is 2.53. The number of aromatic nitrogens is 1. The number of nitrogen functional groups attached to an aromatic ring is 2. The van der Waals surface area contributed by atoms with Gasteiger partial charge in [-0.1, -0.05) is 13.3 Å². The molecule has 1 heterocycles. The maximum Gasteiger partial charge on any atom is 0.124 e. The lowest BCUT2D eigenvalue weighted by molar-refractivity contribution is 0.886. The van der Waals surface area contributed by atoms with Gasteiger partial charge in [-0.05, 0) is 25.0 Å². The van der Waals surface area contributed by atoms with E-state index in [0.29, 0.717) is 5.82 Å². The fraction of sp³-hybridized carbons (Fsp3) is 0.444. The molecule has 0 saturated heterocycles. The number of nitrogens with two attached hydrogens (primary N) is 2. The first-order valence-electron chi connectivity index (χ1n) is 4.16. The molecular weight excluding hydrogens is 150 g/mol. The maximum absolute atomic E-state index is 5.82. The first kappa shape index (κ1) is 8.84. The molecule has 0 aliphatic heterocycles. The third-order valence-corrected chi connectivity index (χ3v) is 1.85. The third kappa shape index (κ3) is 1.67. The molecule has 1 rings (SSSR count). The highest BCUT2D eigenvalue weighted by atomic mass is 14.9. The van der Waals surface area contributed by atoms with Gasteiger partial charge in [-0.3, -0.25) is 0 Å². The van der Waals surface area contributed by atoms with Crippen molar-refractivity contribution in [3.8, 4) is 0 Å². The zero-order chi connectivity index (χ0) is 9.14. The predicted molar refractivity (Wildman–Crippen MR) is 51.8 cm³/mol. The second-order valence-electron chi connectivity index (χ2n) is 2.97. The van der Waals surface area contributed by atoms with Gasteiger partial charge in [0.15, 0.2) is 0 Å². The van der Waals surface area contributed by atoms with Crippen LogP contribution in [0.1, 0.15) is 24.6 Å². The maximum atomic E-state index is 5.82. The second kappa shape index (κ2) is 3.43. The van der Waals surface area contributed by atoms with Crippen LogP contribution >= 0.6 is 0 Å². The lowest BCUT2D eigenvalue weighted by Gasteiger charge is -2.07. The van der Waals surface area contributed by atoms with Gasteiger partial charge in [-0.25, -0.2) is 4.98 Å². The fourth-order valence-corrected chi connectivity index (χ4v) is 1.20. The van der Waals surface area contributed by atoms with Gasteiger partial charge in [-0.2, -0.15) is 0 Å². The van der Waals surface area contributed by atoms with Crippen LogP contribution in [0.4, 0.5) is 11.5 Å². The summed E-state index contributed by atoms with van der Waals surface area (Å²) in [7, 11) is 0. The van der Waals surface area contributed by atoms with Crippen LogP contribution < -0.4 is 11.5 Å². The van der Waals surface area contributed by atoms with Crippen molar-refractivity contribution in [2.45, 2.75) is 26.7 Å². The van der Waals surface area contributed by atoms with Gasteiger partial charge in [0.05, 0.1) is 11.4 Å². The molecule has 0 saturated carbocycles. The van der Waals surface area contributed by atoms with Crippen molar-refractivity contribution < 1.29 is 0 Å². The zero-order valence-electron chi connectivity index (χ0n) is 7.59. The zero-order valence-corrected chi connectivity index (χ0v) is 7.59. The van der Waals surface area contributed by atoms with Crippen molar-refractivity contribution in [2.75, 3.05) is 11.5 Å². The molecular formula is C9H15N3. The van der Waals surface area contributed by atoms with Crippen LogP contribution in [0.2, 0.25) is 0 Å². The highest BCUT2D eigenvalue weighted by molar-refractivity contribution is 5.54. The molecule has 0 unspecified atom stereocenters. The Morgan fingerprint density at radius 3 is 2.67 bits per heavy atom. The number of hydrogen-bond acceptors (Lipinski definition) is 3. The molecule has 0 aromatic carbocycles. The molecule has 0 fully saturated rings. The average Bonchev–Trinajstić information content (AvgIpc) is 2.00. The predicted octanol–water partition coefficient (Wildman–Crippen LogP) is 1.51. The first-order valence-corrected chi connectivity index (χ1v) is 4.16. The summed E-state index contributed by atoms with van der Waals surface area (Å²) in [6, 6.07) is 1.80. The van der Waals surface area contributed by atoms with E-state index in [1.165, 1.54) is 0 Å². The van der Waals surface area contributed by atoms with E-state index in [2.05, 4.69) is 11.9 Å². The van der Waals surface area contributed by atoms with E-state index in [4.69, 9.17) is 11.5 Å². The number of rotatable bonds is 2. The second-order valence-corrected chi connectivity index (χ2v) is 2.97. The van der Waals surface area contributed by atoms with E-state index in [1.54, 1.807) is 6.07 Å². The lowest BCUT2D eigenvalue weighted by Crippen LogP contribution is -2.03. The number of nitrogens with zero attached hydrogens (tertiary/aromatic N) is 1. The monoisotopic (exact) mass is 165 g/mol. The van der Waals surface area contributed by atoms with Crippen molar-refractivity contribution in [3.05, 3.63) is 17.3 Å². The molecule has 12 heavy (non-hydrogen) atoms. The Hall–Kier alpha value is -1.25. The van der Waals surface area contributed by atoms with E-state index in [0.717, 1.165) is 29.8 Å². The average molecular weight is 165 g/mol. The highest BCUT2D eigenvalue weighted by Crippen LogP contribution is 2.18. The number of hydrogen-bond donors (Lipinski definition) is 2. The van der Waals surface area contributed by atoms with Crippen molar-refractivity contribution >= 4 is 11.5 Å². The smallest absolute Gasteiger partial charge is 0.124 e. The van der Waals surface area contributed by atoms with E-state index < -0.39 is 0 Å². The molecule has 1 aromatic rings. The Morgan fingerprint density at radius 1 is 1.42 bits per heavy atom. The van der Waals surface area contributed by atoms with Crippen molar-refractivity contribution in [3.63, 3.8) is 0 Å². The van der Waals surface area contributed by atoms with Gasteiger partial charge in [0.2, 0.25) is 0 Å². The van der Waals surface area contributed by atoms with Crippen LogP contribution in [-0.4, -0.2) is 4.98 Å². The van der Waals surface area contributed by atoms with Crippen LogP contribution in [0.15, 0.2) is 6.07 Å². The molecule has 0 atom stereocenters. The SMILES string of the molecule is CCCc1nc(N)cc(C)c1N. The topological polar surface area (TPSA) is 64.9 Å². The molecule has 0 spiro atoms. The van der Waals surface area contributed by atoms with Crippen molar-refractivity contribution in [1.82, 2.24) is 4.98 Å². The molecule has 1 aromatic heterocycles. The molecule has 3 heteroatoms. The van der Waals surface area contributed by atoms with Crippen LogP contribution in [0.25, 0.3) is 0 Å². The minimum Gasteiger partial charge on any atom is -0.397 e. The summed E-state index contributed by atoms with van der Waals surface area (Å²) in [6.07, 6.45) is 1.94. The van der Waals surface area contributed by atoms with Crippen molar-refractivity contribution in [2.24, 2.45) is 0 Å². The van der Waals surface area contributed by atoms with Crippen molar-refractivity contribution in [1.29, 1.82) is 0 Å².